The number of pyridine rings is 1. The Morgan fingerprint density at radius 2 is 2.25 bits per heavy atom. The summed E-state index contributed by atoms with van der Waals surface area (Å²) < 4.78 is 19.2. The molecule has 0 radical (unpaired) electrons. The van der Waals surface area contributed by atoms with Crippen LogP contribution in [0.3, 0.4) is 0 Å². The summed E-state index contributed by atoms with van der Waals surface area (Å²) in [6.07, 6.45) is 1.02. The van der Waals surface area contributed by atoms with Crippen LogP contribution in [0.5, 0.6) is 0 Å². The van der Waals surface area contributed by atoms with Crippen LogP contribution in [0.1, 0.15) is 12.6 Å². The Bertz CT molecular complexity index is 629. The number of ether oxygens (including phenoxy) is 1. The molecule has 2 aromatic heterocycles. The lowest BCUT2D eigenvalue weighted by Gasteiger charge is -2.24. The molecule has 0 bridgehead atoms. The third-order valence-electron chi connectivity index (χ3n) is 3.41. The quantitative estimate of drug-likeness (QED) is 0.745. The first-order valence-electron chi connectivity index (χ1n) is 6.76. The minimum atomic E-state index is -0.698. The van der Waals surface area contributed by atoms with Crippen LogP contribution >= 0.6 is 0 Å². The Hall–Kier alpha value is -1.82. The highest BCUT2D eigenvalue weighted by atomic mass is 19.1. The first-order valence-corrected chi connectivity index (χ1v) is 6.76. The molecule has 6 heteroatoms. The van der Waals surface area contributed by atoms with E-state index in [-0.39, 0.29) is 0 Å². The molecule has 1 atom stereocenters. The molecule has 3 heterocycles. The van der Waals surface area contributed by atoms with E-state index < -0.39 is 6.08 Å². The number of rotatable bonds is 1. The maximum Gasteiger partial charge on any atom is 0.311 e. The summed E-state index contributed by atoms with van der Waals surface area (Å²) in [6, 6.07) is 1.78. The van der Waals surface area contributed by atoms with Crippen LogP contribution in [-0.4, -0.2) is 41.3 Å². The van der Waals surface area contributed by atoms with E-state index >= 15 is 0 Å². The molecule has 1 aliphatic rings. The van der Waals surface area contributed by atoms with Gasteiger partial charge in [-0.1, -0.05) is 6.92 Å². The van der Waals surface area contributed by atoms with E-state index in [2.05, 4.69) is 26.8 Å². The van der Waals surface area contributed by atoms with Crippen molar-refractivity contribution in [2.75, 3.05) is 31.2 Å². The molecular weight excluding hydrogens is 259 g/mol. The molecule has 1 fully saturated rings. The Morgan fingerprint density at radius 3 is 3.10 bits per heavy atom. The van der Waals surface area contributed by atoms with E-state index in [4.69, 9.17) is 4.74 Å². The second-order valence-electron chi connectivity index (χ2n) is 5.29. The summed E-state index contributed by atoms with van der Waals surface area (Å²) >= 11 is 0. The summed E-state index contributed by atoms with van der Waals surface area (Å²) in [5.41, 5.74) is 1.41. The average molecular weight is 276 g/mol. The van der Waals surface area contributed by atoms with Crippen molar-refractivity contribution in [2.24, 2.45) is 5.92 Å². The number of aromatic nitrogens is 3. The topological polar surface area (TPSA) is 51.1 Å². The summed E-state index contributed by atoms with van der Waals surface area (Å²) in [4.78, 5) is 14.2. The van der Waals surface area contributed by atoms with E-state index in [1.165, 1.54) is 0 Å². The van der Waals surface area contributed by atoms with Crippen LogP contribution < -0.4 is 4.90 Å². The lowest BCUT2D eigenvalue weighted by atomic mass is 10.2. The molecule has 5 nitrogen and oxygen atoms in total. The van der Waals surface area contributed by atoms with Gasteiger partial charge in [0.15, 0.2) is 0 Å². The van der Waals surface area contributed by atoms with Crippen LogP contribution in [0, 0.1) is 18.9 Å². The van der Waals surface area contributed by atoms with E-state index in [1.54, 1.807) is 12.3 Å². The predicted molar refractivity (Wildman–Crippen MR) is 74.2 cm³/mol. The molecule has 0 N–H and O–H groups in total. The second-order valence-corrected chi connectivity index (χ2v) is 5.29. The van der Waals surface area contributed by atoms with Gasteiger partial charge in [0.2, 0.25) is 0 Å². The number of anilines is 1. The fourth-order valence-corrected chi connectivity index (χ4v) is 2.50. The van der Waals surface area contributed by atoms with Gasteiger partial charge in [0.25, 0.3) is 0 Å². The molecule has 0 aromatic carbocycles. The Morgan fingerprint density at radius 1 is 1.40 bits per heavy atom. The number of hydrogen-bond acceptors (Lipinski definition) is 5. The van der Waals surface area contributed by atoms with Crippen molar-refractivity contribution in [1.29, 1.82) is 0 Å². The maximum absolute atomic E-state index is 13.7. The molecule has 1 aliphatic heterocycles. The molecule has 106 valence electrons. The van der Waals surface area contributed by atoms with Gasteiger partial charge in [0.1, 0.15) is 5.82 Å². The lowest BCUT2D eigenvalue weighted by Crippen LogP contribution is -2.30. The lowest BCUT2D eigenvalue weighted by molar-refractivity contribution is 0.129. The van der Waals surface area contributed by atoms with Crippen molar-refractivity contribution in [3.8, 4) is 0 Å². The Labute approximate surface area is 116 Å². The average Bonchev–Trinajstić information content (AvgIpc) is 2.62. The van der Waals surface area contributed by atoms with Crippen LogP contribution in [0.4, 0.5) is 10.2 Å². The maximum atomic E-state index is 13.7. The molecule has 2 aromatic rings. The van der Waals surface area contributed by atoms with E-state index in [0.29, 0.717) is 30.4 Å². The van der Waals surface area contributed by atoms with Gasteiger partial charge in [-0.2, -0.15) is 9.37 Å². The van der Waals surface area contributed by atoms with Gasteiger partial charge in [-0.15, -0.1) is 0 Å². The summed E-state index contributed by atoms with van der Waals surface area (Å²) in [6.45, 7) is 6.81. The highest BCUT2D eigenvalue weighted by molar-refractivity contribution is 5.88. The molecule has 0 saturated carbocycles. The second kappa shape index (κ2) is 5.28. The SMILES string of the molecule is Cc1cc2nc(F)nc(N3CCOCC(C)C3)c2cn1. The molecule has 0 amide bonds. The zero-order chi connectivity index (χ0) is 14.1. The molecule has 0 aliphatic carbocycles. The van der Waals surface area contributed by atoms with Gasteiger partial charge in [-0.3, -0.25) is 4.98 Å². The third-order valence-corrected chi connectivity index (χ3v) is 3.41. The first kappa shape index (κ1) is 13.2. The highest BCUT2D eigenvalue weighted by Gasteiger charge is 2.20. The molecule has 20 heavy (non-hydrogen) atoms. The first-order chi connectivity index (χ1) is 9.63. The summed E-state index contributed by atoms with van der Waals surface area (Å²) in [5, 5.41) is 0.783. The largest absolute Gasteiger partial charge is 0.379 e. The summed E-state index contributed by atoms with van der Waals surface area (Å²) in [7, 11) is 0. The van der Waals surface area contributed by atoms with Crippen LogP contribution in [-0.2, 0) is 4.74 Å². The van der Waals surface area contributed by atoms with Gasteiger partial charge in [-0.25, -0.2) is 4.98 Å². The standard InChI is InChI=1S/C14H17FN4O/c1-9-7-19(3-4-20-8-9)13-11-6-16-10(2)5-12(11)17-14(15)18-13/h5-6,9H,3-4,7-8H2,1-2H3. The van der Waals surface area contributed by atoms with Gasteiger partial charge in [0.05, 0.1) is 24.1 Å². The van der Waals surface area contributed by atoms with Crippen molar-refractivity contribution in [1.82, 2.24) is 15.0 Å². The van der Waals surface area contributed by atoms with Gasteiger partial charge in [-0.05, 0) is 18.9 Å². The molecule has 1 saturated heterocycles. The molecule has 3 rings (SSSR count). The Balaban J connectivity index is 2.09. The van der Waals surface area contributed by atoms with Crippen LogP contribution in [0.2, 0.25) is 0 Å². The number of aryl methyl sites for hydroxylation is 1. The fraction of sp³-hybridized carbons (Fsp3) is 0.500. The normalized spacial score (nSPS) is 20.1. The third kappa shape index (κ3) is 2.56. The van der Waals surface area contributed by atoms with Crippen LogP contribution in [0.15, 0.2) is 12.3 Å². The van der Waals surface area contributed by atoms with Gasteiger partial charge >= 0.3 is 6.08 Å². The van der Waals surface area contributed by atoms with Crippen molar-refractivity contribution in [3.05, 3.63) is 24.0 Å². The van der Waals surface area contributed by atoms with Crippen molar-refractivity contribution < 1.29 is 9.13 Å². The zero-order valence-corrected chi connectivity index (χ0v) is 11.6. The molecule has 1 unspecified atom stereocenters. The monoisotopic (exact) mass is 276 g/mol. The molecule has 0 spiro atoms. The van der Waals surface area contributed by atoms with Crippen molar-refractivity contribution in [3.63, 3.8) is 0 Å². The van der Waals surface area contributed by atoms with E-state index in [0.717, 1.165) is 24.2 Å². The van der Waals surface area contributed by atoms with Crippen LogP contribution in [0.25, 0.3) is 10.9 Å². The smallest absolute Gasteiger partial charge is 0.311 e. The Kier molecular flexibility index (Phi) is 3.48. The number of halogens is 1. The minimum Gasteiger partial charge on any atom is -0.379 e. The predicted octanol–water partition coefficient (Wildman–Crippen LogP) is 1.95. The van der Waals surface area contributed by atoms with Crippen molar-refractivity contribution in [2.45, 2.75) is 13.8 Å². The highest BCUT2D eigenvalue weighted by Crippen LogP contribution is 2.25. The van der Waals surface area contributed by atoms with Gasteiger partial charge < -0.3 is 9.64 Å². The number of nitrogens with zero attached hydrogens (tertiary/aromatic N) is 4. The van der Waals surface area contributed by atoms with E-state index in [1.807, 2.05) is 6.92 Å². The summed E-state index contributed by atoms with van der Waals surface area (Å²) in [5.74, 6) is 0.987. The number of hydrogen-bond donors (Lipinski definition) is 0. The molecular formula is C14H17FN4O. The van der Waals surface area contributed by atoms with Gasteiger partial charge in [0, 0.05) is 25.0 Å². The fourth-order valence-electron chi connectivity index (χ4n) is 2.50. The van der Waals surface area contributed by atoms with E-state index in [9.17, 15) is 4.39 Å². The minimum absolute atomic E-state index is 0.379. The van der Waals surface area contributed by atoms with Crippen molar-refractivity contribution >= 4 is 16.7 Å². The number of fused-ring (bicyclic) bond motifs is 1. The zero-order valence-electron chi connectivity index (χ0n) is 11.6.